The first-order chi connectivity index (χ1) is 14.6. The molecular weight excluding hydrogens is 398 g/mol. The van der Waals surface area contributed by atoms with Crippen LogP contribution in [0.3, 0.4) is 0 Å². The number of ether oxygens (including phenoxy) is 2. The molecule has 0 aliphatic heterocycles. The maximum Gasteiger partial charge on any atom is 0.282 e. The molecule has 5 nitrogen and oxygen atoms in total. The number of rotatable bonds is 14. The molecule has 0 atom stereocenters. The molecule has 0 N–H and O–H groups in total. The Bertz CT molecular complexity index is 879. The Balaban J connectivity index is 1.94. The van der Waals surface area contributed by atoms with Crippen LogP contribution in [0.2, 0.25) is 0 Å². The van der Waals surface area contributed by atoms with Crippen molar-refractivity contribution in [3.8, 4) is 11.5 Å². The van der Waals surface area contributed by atoms with Crippen molar-refractivity contribution in [2.75, 3.05) is 13.2 Å². The number of sulfonamides is 1. The first kappa shape index (κ1) is 23.9. The summed E-state index contributed by atoms with van der Waals surface area (Å²) < 4.78 is 40.0. The summed E-state index contributed by atoms with van der Waals surface area (Å²) in [5, 5.41) is 0. The molecule has 0 spiro atoms. The maximum absolute atomic E-state index is 12.3. The lowest BCUT2D eigenvalue weighted by Gasteiger charge is -2.12. The molecule has 0 radical (unpaired) electrons. The molecule has 2 aromatic rings. The number of unbranched alkanes of at least 4 members (excludes halogenated alkanes) is 6. The quantitative estimate of drug-likeness (QED) is 0.271. The molecule has 0 unspecified atom stereocenters. The molecule has 0 amide bonds. The molecule has 2 rings (SSSR count). The highest BCUT2D eigenvalue weighted by atomic mass is 32.2. The minimum atomic E-state index is -3.73. The highest BCUT2D eigenvalue weighted by molar-refractivity contribution is 7.90. The molecule has 0 saturated heterocycles. The van der Waals surface area contributed by atoms with Crippen LogP contribution in [0.4, 0.5) is 0 Å². The Morgan fingerprint density at radius 1 is 0.833 bits per heavy atom. The van der Waals surface area contributed by atoms with Gasteiger partial charge >= 0.3 is 0 Å². The molecule has 0 saturated carbocycles. The zero-order chi connectivity index (χ0) is 21.7. The summed E-state index contributed by atoms with van der Waals surface area (Å²) in [5.74, 6) is 1.27. The monoisotopic (exact) mass is 431 g/mol. The van der Waals surface area contributed by atoms with Crippen LogP contribution >= 0.6 is 0 Å². The molecular formula is C24H33NO4S. The van der Waals surface area contributed by atoms with Crippen LogP contribution in [-0.4, -0.2) is 27.8 Å². The lowest BCUT2D eigenvalue weighted by molar-refractivity contribution is 0.270. The highest BCUT2D eigenvalue weighted by Gasteiger charge is 2.11. The smallest absolute Gasteiger partial charge is 0.282 e. The summed E-state index contributed by atoms with van der Waals surface area (Å²) in [6.07, 6.45) is 9.94. The molecule has 164 valence electrons. The third-order valence-electron chi connectivity index (χ3n) is 4.65. The summed E-state index contributed by atoms with van der Waals surface area (Å²) in [6, 6.07) is 13.5. The number of hydrogen-bond acceptors (Lipinski definition) is 4. The van der Waals surface area contributed by atoms with Gasteiger partial charge in [-0.15, -0.1) is 0 Å². The lowest BCUT2D eigenvalue weighted by atomic mass is 10.1. The topological polar surface area (TPSA) is 65.0 Å². The van der Waals surface area contributed by atoms with Crippen LogP contribution in [0.5, 0.6) is 11.5 Å². The Morgan fingerprint density at radius 3 is 2.23 bits per heavy atom. The van der Waals surface area contributed by atoms with E-state index >= 15 is 0 Å². The van der Waals surface area contributed by atoms with Crippen molar-refractivity contribution in [3.05, 3.63) is 54.1 Å². The van der Waals surface area contributed by atoms with Crippen molar-refractivity contribution in [1.82, 2.24) is 0 Å². The Hall–Kier alpha value is -2.34. The summed E-state index contributed by atoms with van der Waals surface area (Å²) in [5.41, 5.74) is 0.640. The van der Waals surface area contributed by atoms with Gasteiger partial charge in [0.25, 0.3) is 10.0 Å². The summed E-state index contributed by atoms with van der Waals surface area (Å²) in [6.45, 7) is 5.27. The highest BCUT2D eigenvalue weighted by Crippen LogP contribution is 2.28. The standard InChI is InChI=1S/C24H33NO4S/c1-3-5-6-7-8-9-13-18-29-23-17-16-21(19-24(23)28-4-2)20-25-30(26,27)22-14-11-10-12-15-22/h10-12,14-17,19-20H,3-9,13,18H2,1-2H3/b25-20-. The zero-order valence-corrected chi connectivity index (χ0v) is 18.9. The fourth-order valence-electron chi connectivity index (χ4n) is 3.02. The van der Waals surface area contributed by atoms with Crippen LogP contribution in [0.15, 0.2) is 57.8 Å². The second-order valence-corrected chi connectivity index (χ2v) is 8.76. The molecule has 0 aromatic heterocycles. The second kappa shape index (κ2) is 13.1. The van der Waals surface area contributed by atoms with Crippen molar-refractivity contribution >= 4 is 16.2 Å². The first-order valence-corrected chi connectivity index (χ1v) is 12.3. The molecule has 2 aromatic carbocycles. The van der Waals surface area contributed by atoms with Gasteiger partial charge in [0, 0.05) is 6.21 Å². The van der Waals surface area contributed by atoms with E-state index in [-0.39, 0.29) is 4.90 Å². The van der Waals surface area contributed by atoms with E-state index in [2.05, 4.69) is 11.3 Å². The van der Waals surface area contributed by atoms with E-state index in [1.165, 1.54) is 50.5 Å². The van der Waals surface area contributed by atoms with E-state index in [0.717, 1.165) is 12.8 Å². The van der Waals surface area contributed by atoms with Crippen molar-refractivity contribution in [3.63, 3.8) is 0 Å². The minimum Gasteiger partial charge on any atom is -0.490 e. The molecule has 30 heavy (non-hydrogen) atoms. The number of nitrogens with zero attached hydrogens (tertiary/aromatic N) is 1. The van der Waals surface area contributed by atoms with Crippen LogP contribution in [0, 0.1) is 0 Å². The minimum absolute atomic E-state index is 0.168. The van der Waals surface area contributed by atoms with Gasteiger partial charge in [0.05, 0.1) is 18.1 Å². The summed E-state index contributed by atoms with van der Waals surface area (Å²) >= 11 is 0. The Morgan fingerprint density at radius 2 is 1.53 bits per heavy atom. The van der Waals surface area contributed by atoms with Gasteiger partial charge in [0.15, 0.2) is 11.5 Å². The van der Waals surface area contributed by atoms with Gasteiger partial charge in [-0.25, -0.2) is 0 Å². The third kappa shape index (κ3) is 8.19. The van der Waals surface area contributed by atoms with Crippen molar-refractivity contribution < 1.29 is 17.9 Å². The normalized spacial score (nSPS) is 11.7. The van der Waals surface area contributed by atoms with E-state index in [1.807, 2.05) is 13.0 Å². The molecule has 0 heterocycles. The first-order valence-electron chi connectivity index (χ1n) is 10.8. The van der Waals surface area contributed by atoms with Gasteiger partial charge in [-0.1, -0.05) is 63.6 Å². The lowest BCUT2D eigenvalue weighted by Crippen LogP contribution is -2.02. The van der Waals surface area contributed by atoms with E-state index in [4.69, 9.17) is 9.47 Å². The molecule has 0 aliphatic rings. The van der Waals surface area contributed by atoms with Crippen LogP contribution in [-0.2, 0) is 10.0 Å². The van der Waals surface area contributed by atoms with E-state index < -0.39 is 10.0 Å². The van der Waals surface area contributed by atoms with Crippen molar-refractivity contribution in [2.45, 2.75) is 63.7 Å². The fourth-order valence-corrected chi connectivity index (χ4v) is 3.90. The van der Waals surface area contributed by atoms with E-state index in [9.17, 15) is 8.42 Å². The SMILES string of the molecule is CCCCCCCCCOc1ccc(/C=N\S(=O)(=O)c2ccccc2)cc1OCC. The van der Waals surface area contributed by atoms with Gasteiger partial charge in [-0.2, -0.15) is 12.8 Å². The second-order valence-electron chi connectivity index (χ2n) is 7.13. The van der Waals surface area contributed by atoms with Gasteiger partial charge in [0.1, 0.15) is 0 Å². The average molecular weight is 432 g/mol. The van der Waals surface area contributed by atoms with Gasteiger partial charge < -0.3 is 9.47 Å². The Kier molecular flexibility index (Phi) is 10.4. The fraction of sp³-hybridized carbons (Fsp3) is 0.458. The van der Waals surface area contributed by atoms with Crippen LogP contribution < -0.4 is 9.47 Å². The van der Waals surface area contributed by atoms with Gasteiger partial charge in [-0.05, 0) is 49.2 Å². The molecule has 6 heteroatoms. The average Bonchev–Trinajstić information content (AvgIpc) is 2.76. The maximum atomic E-state index is 12.3. The van der Waals surface area contributed by atoms with E-state index in [1.54, 1.807) is 30.3 Å². The molecule has 0 bridgehead atoms. The third-order valence-corrected chi connectivity index (χ3v) is 5.91. The van der Waals surface area contributed by atoms with Gasteiger partial charge in [0.2, 0.25) is 0 Å². The van der Waals surface area contributed by atoms with E-state index in [0.29, 0.717) is 30.3 Å². The van der Waals surface area contributed by atoms with Crippen LogP contribution in [0.25, 0.3) is 0 Å². The van der Waals surface area contributed by atoms with Crippen LogP contribution in [0.1, 0.15) is 64.4 Å². The summed E-state index contributed by atoms with van der Waals surface area (Å²) in [7, 11) is -3.73. The largest absolute Gasteiger partial charge is 0.490 e. The number of benzene rings is 2. The number of hydrogen-bond donors (Lipinski definition) is 0. The van der Waals surface area contributed by atoms with Crippen molar-refractivity contribution in [1.29, 1.82) is 0 Å². The summed E-state index contributed by atoms with van der Waals surface area (Å²) in [4.78, 5) is 0.168. The molecule has 0 fully saturated rings. The van der Waals surface area contributed by atoms with Crippen molar-refractivity contribution in [2.24, 2.45) is 4.40 Å². The zero-order valence-electron chi connectivity index (χ0n) is 18.0. The predicted molar refractivity (Wildman–Crippen MR) is 122 cm³/mol. The van der Waals surface area contributed by atoms with Gasteiger partial charge in [-0.3, -0.25) is 0 Å². The molecule has 0 aliphatic carbocycles. The predicted octanol–water partition coefficient (Wildman–Crippen LogP) is 6.02. The Labute approximate surface area is 181 Å².